The zero-order valence-corrected chi connectivity index (χ0v) is 18.1. The molecule has 29 heavy (non-hydrogen) atoms. The summed E-state index contributed by atoms with van der Waals surface area (Å²) in [5.41, 5.74) is 1.50. The molecular formula is C24H35N3O2. The zero-order valence-electron chi connectivity index (χ0n) is 18.1. The van der Waals surface area contributed by atoms with Crippen LogP contribution in [0.3, 0.4) is 0 Å². The van der Waals surface area contributed by atoms with Gasteiger partial charge in [-0.15, -0.1) is 0 Å². The molecule has 0 radical (unpaired) electrons. The van der Waals surface area contributed by atoms with Gasteiger partial charge in [0.1, 0.15) is 6.54 Å². The lowest BCUT2D eigenvalue weighted by Gasteiger charge is -2.58. The van der Waals surface area contributed by atoms with E-state index < -0.39 is 5.60 Å². The first-order valence-electron chi connectivity index (χ1n) is 11.5. The first-order chi connectivity index (χ1) is 13.7. The second-order valence-corrected chi connectivity index (χ2v) is 11.1. The van der Waals surface area contributed by atoms with Gasteiger partial charge in [-0.05, 0) is 86.9 Å². The van der Waals surface area contributed by atoms with Crippen molar-refractivity contribution in [3.05, 3.63) is 24.0 Å². The van der Waals surface area contributed by atoms with Crippen molar-refractivity contribution in [2.24, 2.45) is 34.5 Å². The molecule has 4 aliphatic rings. The Kier molecular flexibility index (Phi) is 4.37. The van der Waals surface area contributed by atoms with E-state index in [0.29, 0.717) is 30.1 Å². The Balaban J connectivity index is 1.40. The van der Waals surface area contributed by atoms with Gasteiger partial charge in [0, 0.05) is 5.92 Å². The zero-order chi connectivity index (χ0) is 20.4. The Morgan fingerprint density at radius 3 is 2.66 bits per heavy atom. The fourth-order valence-corrected chi connectivity index (χ4v) is 7.81. The van der Waals surface area contributed by atoms with Crippen molar-refractivity contribution in [1.29, 1.82) is 0 Å². The number of hydrogen-bond acceptors (Lipinski definition) is 4. The Bertz CT molecular complexity index is 829. The lowest BCUT2D eigenvalue weighted by atomic mass is 9.47. The van der Waals surface area contributed by atoms with Crippen molar-refractivity contribution in [2.45, 2.75) is 84.3 Å². The first kappa shape index (κ1) is 19.5. The molecule has 3 fully saturated rings. The number of ketones is 1. The highest BCUT2D eigenvalue weighted by Gasteiger charge is 2.59. The number of Topliss-reactive ketones (excluding diaryl/α,β-unsaturated/α-hetero) is 1. The minimum atomic E-state index is -0.494. The number of rotatable bonds is 3. The summed E-state index contributed by atoms with van der Waals surface area (Å²) in [7, 11) is 0. The topological polar surface area (TPSA) is 68.0 Å². The molecule has 0 bridgehead atoms. The summed E-state index contributed by atoms with van der Waals surface area (Å²) in [5.74, 6) is 2.26. The number of fused-ring (bicyclic) bond motifs is 5. The van der Waals surface area contributed by atoms with Crippen LogP contribution in [0.4, 0.5) is 0 Å². The average molecular weight is 398 g/mol. The van der Waals surface area contributed by atoms with Crippen LogP contribution in [-0.2, 0) is 11.3 Å². The van der Waals surface area contributed by atoms with Crippen molar-refractivity contribution in [2.75, 3.05) is 0 Å². The summed E-state index contributed by atoms with van der Waals surface area (Å²) in [4.78, 5) is 14.7. The molecule has 1 aromatic rings. The molecule has 4 aliphatic carbocycles. The third-order valence-electron chi connectivity index (χ3n) is 9.46. The molecule has 158 valence electrons. The maximum atomic E-state index is 13.1. The van der Waals surface area contributed by atoms with Gasteiger partial charge in [-0.1, -0.05) is 25.5 Å². The third-order valence-corrected chi connectivity index (χ3v) is 9.46. The summed E-state index contributed by atoms with van der Waals surface area (Å²) in [6.45, 7) is 7.16. The van der Waals surface area contributed by atoms with Gasteiger partial charge in [0.2, 0.25) is 0 Å². The van der Waals surface area contributed by atoms with Gasteiger partial charge in [0.05, 0.1) is 18.0 Å². The number of nitrogens with zero attached hydrogens (tertiary/aromatic N) is 3. The highest BCUT2D eigenvalue weighted by Crippen LogP contribution is 2.66. The van der Waals surface area contributed by atoms with Gasteiger partial charge in [0.25, 0.3) is 0 Å². The molecule has 1 heterocycles. The minimum absolute atomic E-state index is 0.0712. The number of aromatic nitrogens is 3. The predicted molar refractivity (Wildman–Crippen MR) is 111 cm³/mol. The van der Waals surface area contributed by atoms with Crippen LogP contribution in [-0.4, -0.2) is 31.5 Å². The van der Waals surface area contributed by atoms with E-state index in [9.17, 15) is 9.90 Å². The number of carbonyl (C=O) groups excluding carboxylic acids is 1. The lowest BCUT2D eigenvalue weighted by Crippen LogP contribution is -2.51. The predicted octanol–water partition coefficient (Wildman–Crippen LogP) is 4.18. The smallest absolute Gasteiger partial charge is 0.159 e. The molecule has 5 heteroatoms. The standard InChI is InChI=1S/C24H35N3O2/c1-22(29)10-11-23(2)16(14-22)4-5-17-18-6-7-20(24(18,3)9-8-19(17)23)21(28)15-27-25-12-13-26-27/h8,12-13,16-18,20,29H,4-7,9-11,14-15H2,1-3H3/t16-,17-,18-,20+,22+,23-,24-/m0/s1. The normalized spacial score (nSPS) is 46.4. The van der Waals surface area contributed by atoms with Crippen LogP contribution >= 0.6 is 0 Å². The van der Waals surface area contributed by atoms with Crippen LogP contribution in [0.1, 0.15) is 72.1 Å². The molecule has 5 nitrogen and oxygen atoms in total. The fraction of sp³-hybridized carbons (Fsp3) is 0.792. The molecular weight excluding hydrogens is 362 g/mol. The number of allylic oxidation sites excluding steroid dienone is 2. The second-order valence-electron chi connectivity index (χ2n) is 11.1. The van der Waals surface area contributed by atoms with E-state index in [2.05, 4.69) is 30.1 Å². The van der Waals surface area contributed by atoms with E-state index in [1.54, 1.807) is 18.0 Å². The number of hydrogen-bond donors (Lipinski definition) is 1. The summed E-state index contributed by atoms with van der Waals surface area (Å²) in [6.07, 6.45) is 14.4. The van der Waals surface area contributed by atoms with E-state index in [4.69, 9.17) is 0 Å². The van der Waals surface area contributed by atoms with Gasteiger partial charge in [-0.25, -0.2) is 0 Å². The Labute approximate surface area is 173 Å². The van der Waals surface area contributed by atoms with Crippen molar-refractivity contribution in [3.63, 3.8) is 0 Å². The SMILES string of the molecule is C[C@@]1(O)CC[C@]2(C)C3=CC[C@]4(C)[C@@H](C(=O)Cn5nccn5)CC[C@H]4[C@@H]3CC[C@H]2C1. The van der Waals surface area contributed by atoms with Gasteiger partial charge in [-0.3, -0.25) is 4.79 Å². The summed E-state index contributed by atoms with van der Waals surface area (Å²) >= 11 is 0. The number of carbonyl (C=O) groups is 1. The summed E-state index contributed by atoms with van der Waals surface area (Å²) in [6, 6.07) is 0. The molecule has 0 saturated heterocycles. The molecule has 0 amide bonds. The fourth-order valence-electron chi connectivity index (χ4n) is 7.81. The van der Waals surface area contributed by atoms with Crippen LogP contribution in [0.5, 0.6) is 0 Å². The number of aliphatic hydroxyl groups is 1. The molecule has 0 aliphatic heterocycles. The Hall–Kier alpha value is -1.49. The van der Waals surface area contributed by atoms with Crippen molar-refractivity contribution in [1.82, 2.24) is 15.0 Å². The van der Waals surface area contributed by atoms with E-state index >= 15 is 0 Å². The van der Waals surface area contributed by atoms with Crippen LogP contribution in [0.25, 0.3) is 0 Å². The summed E-state index contributed by atoms with van der Waals surface area (Å²) in [5, 5.41) is 18.9. The Morgan fingerprint density at radius 2 is 1.90 bits per heavy atom. The monoisotopic (exact) mass is 397 g/mol. The van der Waals surface area contributed by atoms with Crippen molar-refractivity contribution in [3.8, 4) is 0 Å². The van der Waals surface area contributed by atoms with Crippen molar-refractivity contribution >= 4 is 5.78 Å². The van der Waals surface area contributed by atoms with Gasteiger partial charge in [-0.2, -0.15) is 15.0 Å². The van der Waals surface area contributed by atoms with E-state index in [1.807, 2.05) is 6.92 Å². The lowest BCUT2D eigenvalue weighted by molar-refractivity contribution is -0.128. The van der Waals surface area contributed by atoms with Crippen LogP contribution in [0.2, 0.25) is 0 Å². The second kappa shape index (κ2) is 6.50. The molecule has 0 aromatic carbocycles. The summed E-state index contributed by atoms with van der Waals surface area (Å²) < 4.78 is 0. The van der Waals surface area contributed by atoms with E-state index in [1.165, 1.54) is 24.1 Å². The first-order valence-corrected chi connectivity index (χ1v) is 11.5. The molecule has 3 saturated carbocycles. The highest BCUT2D eigenvalue weighted by molar-refractivity contribution is 5.82. The van der Waals surface area contributed by atoms with E-state index in [-0.39, 0.29) is 16.7 Å². The van der Waals surface area contributed by atoms with Gasteiger partial charge < -0.3 is 5.11 Å². The van der Waals surface area contributed by atoms with Crippen LogP contribution in [0, 0.1) is 34.5 Å². The minimum Gasteiger partial charge on any atom is -0.390 e. The quantitative estimate of drug-likeness (QED) is 0.777. The van der Waals surface area contributed by atoms with E-state index in [0.717, 1.165) is 32.1 Å². The third kappa shape index (κ3) is 2.95. The van der Waals surface area contributed by atoms with Gasteiger partial charge in [0.15, 0.2) is 5.78 Å². The maximum Gasteiger partial charge on any atom is 0.159 e. The molecule has 5 rings (SSSR count). The molecule has 0 spiro atoms. The molecule has 7 atom stereocenters. The highest BCUT2D eigenvalue weighted by atomic mass is 16.3. The molecule has 1 aromatic heterocycles. The average Bonchev–Trinajstić information content (AvgIpc) is 3.29. The van der Waals surface area contributed by atoms with Crippen LogP contribution in [0.15, 0.2) is 24.0 Å². The molecule has 0 unspecified atom stereocenters. The van der Waals surface area contributed by atoms with Gasteiger partial charge >= 0.3 is 0 Å². The van der Waals surface area contributed by atoms with Crippen molar-refractivity contribution < 1.29 is 9.90 Å². The Morgan fingerprint density at radius 1 is 1.14 bits per heavy atom. The largest absolute Gasteiger partial charge is 0.390 e. The van der Waals surface area contributed by atoms with Crippen LogP contribution < -0.4 is 0 Å². The maximum absolute atomic E-state index is 13.1. The molecule has 1 N–H and O–H groups in total.